The van der Waals surface area contributed by atoms with E-state index in [1.54, 1.807) is 6.07 Å². The zero-order valence-electron chi connectivity index (χ0n) is 11.5. The Kier molecular flexibility index (Phi) is 3.43. The smallest absolute Gasteiger partial charge is 0.132 e. The van der Waals surface area contributed by atoms with Gasteiger partial charge >= 0.3 is 0 Å². The Labute approximate surface area is 128 Å². The number of hydrogen-bond donors (Lipinski definition) is 1. The van der Waals surface area contributed by atoms with Crippen LogP contribution in [0, 0.1) is 0 Å². The molecule has 3 nitrogen and oxygen atoms in total. The summed E-state index contributed by atoms with van der Waals surface area (Å²) in [5.74, 6) is 2.07. The van der Waals surface area contributed by atoms with Gasteiger partial charge in [-0.05, 0) is 31.0 Å². The van der Waals surface area contributed by atoms with Gasteiger partial charge in [0.05, 0.1) is 5.02 Å². The van der Waals surface area contributed by atoms with Crippen LogP contribution in [-0.2, 0) is 0 Å². The lowest BCUT2D eigenvalue weighted by Gasteiger charge is -2.10. The van der Waals surface area contributed by atoms with Crippen molar-refractivity contribution in [3.8, 4) is 11.3 Å². The molecule has 2 N–H and O–H groups in total. The van der Waals surface area contributed by atoms with Gasteiger partial charge in [0.25, 0.3) is 0 Å². The summed E-state index contributed by atoms with van der Waals surface area (Å²) in [7, 11) is 0. The second-order valence-electron chi connectivity index (χ2n) is 5.58. The maximum atomic E-state index is 6.33. The number of nitrogens with zero attached hydrogens (tertiary/aromatic N) is 2. The van der Waals surface area contributed by atoms with Gasteiger partial charge in [-0.25, -0.2) is 4.98 Å². The normalized spacial score (nSPS) is 15.1. The van der Waals surface area contributed by atoms with E-state index in [0.29, 0.717) is 27.8 Å². The van der Waals surface area contributed by atoms with E-state index < -0.39 is 0 Å². The zero-order valence-corrected chi connectivity index (χ0v) is 13.0. The molecule has 1 fully saturated rings. The lowest BCUT2D eigenvalue weighted by atomic mass is 10.1. The van der Waals surface area contributed by atoms with Crippen LogP contribution in [0.25, 0.3) is 11.3 Å². The van der Waals surface area contributed by atoms with Crippen LogP contribution in [0.3, 0.4) is 0 Å². The molecule has 1 aromatic heterocycles. The molecular weight excluding hydrogens is 293 g/mol. The van der Waals surface area contributed by atoms with Gasteiger partial charge in [-0.1, -0.05) is 37.0 Å². The van der Waals surface area contributed by atoms with Crippen molar-refractivity contribution in [2.24, 2.45) is 0 Å². The first-order chi connectivity index (χ1) is 9.49. The number of aromatic nitrogens is 2. The van der Waals surface area contributed by atoms with Gasteiger partial charge in [0.1, 0.15) is 17.3 Å². The number of nitrogens with two attached hydrogens (primary N) is 1. The molecule has 0 saturated heterocycles. The summed E-state index contributed by atoms with van der Waals surface area (Å²) >= 11 is 12.2. The highest BCUT2D eigenvalue weighted by Crippen LogP contribution is 2.43. The molecule has 1 heterocycles. The molecule has 1 aliphatic carbocycles. The molecule has 0 aliphatic heterocycles. The fourth-order valence-corrected chi connectivity index (χ4v) is 2.96. The van der Waals surface area contributed by atoms with E-state index in [9.17, 15) is 0 Å². The maximum Gasteiger partial charge on any atom is 0.132 e. The molecule has 0 amide bonds. The van der Waals surface area contributed by atoms with Gasteiger partial charge in [0.2, 0.25) is 0 Å². The minimum atomic E-state index is 0.331. The molecule has 3 rings (SSSR count). The summed E-state index contributed by atoms with van der Waals surface area (Å²) in [5.41, 5.74) is 7.94. The Morgan fingerprint density at radius 2 is 2.00 bits per heavy atom. The second kappa shape index (κ2) is 4.97. The molecular formula is C15H17Cl2N3. The number of nitrogen functional groups attached to an aromatic ring is 1. The summed E-state index contributed by atoms with van der Waals surface area (Å²) in [4.78, 5) is 4.74. The molecule has 0 spiro atoms. The number of imidazole rings is 1. The van der Waals surface area contributed by atoms with Gasteiger partial charge in [-0.2, -0.15) is 0 Å². The van der Waals surface area contributed by atoms with Crippen LogP contribution < -0.4 is 5.73 Å². The van der Waals surface area contributed by atoms with Gasteiger partial charge in [-0.15, -0.1) is 0 Å². The molecule has 1 aliphatic rings. The summed E-state index contributed by atoms with van der Waals surface area (Å²) in [6.07, 6.45) is 2.35. The lowest BCUT2D eigenvalue weighted by molar-refractivity contribution is 0.646. The topological polar surface area (TPSA) is 43.8 Å². The Balaban J connectivity index is 2.16. The number of rotatable bonds is 3. The first kappa shape index (κ1) is 13.8. The van der Waals surface area contributed by atoms with Crippen molar-refractivity contribution in [3.63, 3.8) is 0 Å². The van der Waals surface area contributed by atoms with Gasteiger partial charge in [-0.3, -0.25) is 0 Å². The summed E-state index contributed by atoms with van der Waals surface area (Å²) in [6, 6.07) is 5.92. The molecule has 0 bridgehead atoms. The summed E-state index contributed by atoms with van der Waals surface area (Å²) < 4.78 is 2.17. The fraction of sp³-hybridized carbons (Fsp3) is 0.400. The third-order valence-corrected chi connectivity index (χ3v) is 4.14. The van der Waals surface area contributed by atoms with Gasteiger partial charge in [0, 0.05) is 22.5 Å². The Bertz CT molecular complexity index is 657. The molecule has 0 unspecified atom stereocenters. The predicted molar refractivity (Wildman–Crippen MR) is 84.5 cm³/mol. The molecule has 0 radical (unpaired) electrons. The van der Waals surface area contributed by atoms with Crippen molar-refractivity contribution in [3.05, 3.63) is 34.1 Å². The van der Waals surface area contributed by atoms with Crippen molar-refractivity contribution < 1.29 is 0 Å². The van der Waals surface area contributed by atoms with E-state index in [4.69, 9.17) is 33.9 Å². The minimum absolute atomic E-state index is 0.331. The van der Waals surface area contributed by atoms with E-state index in [-0.39, 0.29) is 0 Å². The van der Waals surface area contributed by atoms with E-state index >= 15 is 0 Å². The van der Waals surface area contributed by atoms with Crippen LogP contribution in [0.15, 0.2) is 18.2 Å². The SMILES string of the molecule is CC(C)c1nc(-c2ccc(Cl)cc2Cl)c(N)n1C1CC1. The van der Waals surface area contributed by atoms with Crippen LogP contribution in [0.2, 0.25) is 10.0 Å². The highest BCUT2D eigenvalue weighted by atomic mass is 35.5. The van der Waals surface area contributed by atoms with E-state index in [2.05, 4.69) is 18.4 Å². The van der Waals surface area contributed by atoms with Crippen LogP contribution in [0.1, 0.15) is 44.5 Å². The molecule has 1 saturated carbocycles. The van der Waals surface area contributed by atoms with Crippen LogP contribution in [-0.4, -0.2) is 9.55 Å². The molecule has 0 atom stereocenters. The zero-order chi connectivity index (χ0) is 14.4. The molecule has 5 heteroatoms. The molecule has 2 aromatic rings. The van der Waals surface area contributed by atoms with Crippen molar-refractivity contribution in [2.45, 2.75) is 38.6 Å². The van der Waals surface area contributed by atoms with E-state index in [0.717, 1.165) is 17.1 Å². The van der Waals surface area contributed by atoms with E-state index in [1.165, 1.54) is 12.8 Å². The first-order valence-corrected chi connectivity index (χ1v) is 7.57. The highest BCUT2D eigenvalue weighted by Gasteiger charge is 2.31. The van der Waals surface area contributed by atoms with Gasteiger partial charge < -0.3 is 10.3 Å². The fourth-order valence-electron chi connectivity index (χ4n) is 2.47. The Hall–Kier alpha value is -1.19. The first-order valence-electron chi connectivity index (χ1n) is 6.82. The number of anilines is 1. The number of hydrogen-bond acceptors (Lipinski definition) is 2. The number of halogens is 2. The third-order valence-electron chi connectivity index (χ3n) is 3.59. The van der Waals surface area contributed by atoms with Crippen LogP contribution in [0.4, 0.5) is 5.82 Å². The maximum absolute atomic E-state index is 6.33. The monoisotopic (exact) mass is 309 g/mol. The second-order valence-corrected chi connectivity index (χ2v) is 6.43. The van der Waals surface area contributed by atoms with Gasteiger partial charge in [0.15, 0.2) is 0 Å². The van der Waals surface area contributed by atoms with Crippen LogP contribution >= 0.6 is 23.2 Å². The average Bonchev–Trinajstić information content (AvgIpc) is 3.14. The van der Waals surface area contributed by atoms with Crippen LogP contribution in [0.5, 0.6) is 0 Å². The largest absolute Gasteiger partial charge is 0.383 e. The molecule has 1 aromatic carbocycles. The van der Waals surface area contributed by atoms with Crippen molar-refractivity contribution in [1.29, 1.82) is 0 Å². The molecule has 106 valence electrons. The minimum Gasteiger partial charge on any atom is -0.383 e. The third kappa shape index (κ3) is 2.29. The molecule has 20 heavy (non-hydrogen) atoms. The van der Waals surface area contributed by atoms with Crippen molar-refractivity contribution in [2.75, 3.05) is 5.73 Å². The Morgan fingerprint density at radius 1 is 1.30 bits per heavy atom. The number of benzene rings is 1. The van der Waals surface area contributed by atoms with Crippen molar-refractivity contribution >= 4 is 29.0 Å². The van der Waals surface area contributed by atoms with Crippen molar-refractivity contribution in [1.82, 2.24) is 9.55 Å². The lowest BCUT2D eigenvalue weighted by Crippen LogP contribution is -2.06. The quantitative estimate of drug-likeness (QED) is 0.876. The summed E-state index contributed by atoms with van der Waals surface area (Å²) in [5, 5.41) is 1.20. The Morgan fingerprint density at radius 3 is 2.55 bits per heavy atom. The average molecular weight is 310 g/mol. The summed E-state index contributed by atoms with van der Waals surface area (Å²) in [6.45, 7) is 4.27. The standard InChI is InChI=1S/C15H17Cl2N3/c1-8(2)15-19-13(14(18)20(15)10-4-5-10)11-6-3-9(16)7-12(11)17/h3,6-8,10H,4-5,18H2,1-2H3. The van der Waals surface area contributed by atoms with E-state index in [1.807, 2.05) is 12.1 Å². The predicted octanol–water partition coefficient (Wildman–Crippen LogP) is 4.90. The highest BCUT2D eigenvalue weighted by molar-refractivity contribution is 6.36.